The number of ether oxygens (including phenoxy) is 2. The van der Waals surface area contributed by atoms with Crippen molar-refractivity contribution in [3.8, 4) is 0 Å². The Balaban J connectivity index is 0.00000176. The maximum atomic E-state index is 12.6. The maximum absolute atomic E-state index is 12.6. The molecule has 192 valence electrons. The number of aliphatic hydroxyl groups is 1. The number of carboxylic acid groups (broad SMARTS) is 1. The number of rotatable bonds is 7. The molecular weight excluding hydrogens is 460 g/mol. The number of piperidine rings is 1. The van der Waals surface area contributed by atoms with Crippen molar-refractivity contribution >= 4 is 29.6 Å². The van der Waals surface area contributed by atoms with Gasteiger partial charge in [0.05, 0.1) is 19.2 Å². The van der Waals surface area contributed by atoms with Gasteiger partial charge in [0.15, 0.2) is 0 Å². The minimum atomic E-state index is -0.990. The molecule has 8 nitrogen and oxygen atoms in total. The number of carboxylic acids is 1. The van der Waals surface area contributed by atoms with Crippen LogP contribution >= 0.6 is 0 Å². The summed E-state index contributed by atoms with van der Waals surface area (Å²) in [5.74, 6) is -0.347. The van der Waals surface area contributed by atoms with E-state index >= 15 is 0 Å². The fourth-order valence-electron chi connectivity index (χ4n) is 4.64. The average Bonchev–Trinajstić information content (AvgIpc) is 3.22. The number of carbonyl (C=O) groups excluding carboxylic acids is 1. The number of likely N-dealkylation sites (tertiary alicyclic amines) is 1. The normalized spacial score (nSPS) is 17.3. The lowest BCUT2D eigenvalue weighted by molar-refractivity contribution is 0.00308. The van der Waals surface area contributed by atoms with Crippen LogP contribution in [0, 0.1) is 0 Å². The number of benzene rings is 2. The zero-order chi connectivity index (χ0) is 26.3. The number of anilines is 1. The average molecular weight is 495 g/mol. The fraction of sp³-hybridized carbons (Fsp3) is 0.357. The highest BCUT2D eigenvalue weighted by molar-refractivity contribution is 5.92. The van der Waals surface area contributed by atoms with E-state index in [2.05, 4.69) is 30.5 Å². The van der Waals surface area contributed by atoms with Crippen LogP contribution in [0.1, 0.15) is 41.3 Å². The van der Waals surface area contributed by atoms with E-state index < -0.39 is 11.6 Å². The van der Waals surface area contributed by atoms with E-state index in [1.807, 2.05) is 18.2 Å². The molecule has 2 aromatic rings. The van der Waals surface area contributed by atoms with Gasteiger partial charge in [0.2, 0.25) is 0 Å². The zero-order valence-corrected chi connectivity index (χ0v) is 21.1. The molecule has 0 bridgehead atoms. The Hall–Kier alpha value is -3.62. The molecule has 0 saturated carbocycles. The first-order chi connectivity index (χ1) is 17.3. The van der Waals surface area contributed by atoms with Crippen LogP contribution < -0.4 is 4.90 Å². The van der Waals surface area contributed by atoms with E-state index in [0.29, 0.717) is 18.0 Å². The number of hydrogen-bond acceptors (Lipinski definition) is 6. The molecule has 0 radical (unpaired) electrons. The van der Waals surface area contributed by atoms with Gasteiger partial charge in [-0.05, 0) is 36.8 Å². The predicted octanol–water partition coefficient (Wildman–Crippen LogP) is 4.51. The summed E-state index contributed by atoms with van der Waals surface area (Å²) in [5.41, 5.74) is 3.64. The second-order valence-electron chi connectivity index (χ2n) is 8.97. The highest BCUT2D eigenvalue weighted by Gasteiger charge is 2.47. The van der Waals surface area contributed by atoms with Crippen molar-refractivity contribution in [2.75, 3.05) is 45.3 Å². The Bertz CT molecular complexity index is 1120. The number of amides is 1. The first kappa shape index (κ1) is 27.0. The SMILES string of the molecule is C=C(OC)c1ccccc1/C=C(\C)CN1CCC2(CC1)CN(c1ccc(C(=O)O)cc1)C(=O)O2.CO. The van der Waals surface area contributed by atoms with Crippen molar-refractivity contribution in [3.63, 3.8) is 0 Å². The van der Waals surface area contributed by atoms with E-state index in [1.54, 1.807) is 24.1 Å². The van der Waals surface area contributed by atoms with Gasteiger partial charge < -0.3 is 19.7 Å². The van der Waals surface area contributed by atoms with Crippen LogP contribution in [0.2, 0.25) is 0 Å². The maximum Gasteiger partial charge on any atom is 0.415 e. The van der Waals surface area contributed by atoms with Gasteiger partial charge >= 0.3 is 12.1 Å². The molecule has 2 aliphatic heterocycles. The van der Waals surface area contributed by atoms with Crippen molar-refractivity contribution in [3.05, 3.63) is 77.4 Å². The summed E-state index contributed by atoms with van der Waals surface area (Å²) in [6.07, 6.45) is 3.31. The molecule has 2 fully saturated rings. The van der Waals surface area contributed by atoms with Crippen LogP contribution in [0.4, 0.5) is 10.5 Å². The van der Waals surface area contributed by atoms with E-state index in [4.69, 9.17) is 19.7 Å². The molecule has 36 heavy (non-hydrogen) atoms. The summed E-state index contributed by atoms with van der Waals surface area (Å²) in [6.45, 7) is 9.07. The third-order valence-corrected chi connectivity index (χ3v) is 6.55. The van der Waals surface area contributed by atoms with Gasteiger partial charge in [-0.2, -0.15) is 0 Å². The van der Waals surface area contributed by atoms with Gasteiger partial charge in [0.25, 0.3) is 0 Å². The lowest BCUT2D eigenvalue weighted by Gasteiger charge is -2.37. The third kappa shape index (κ3) is 6.13. The largest absolute Gasteiger partial charge is 0.497 e. The lowest BCUT2D eigenvalue weighted by Crippen LogP contribution is -2.47. The summed E-state index contributed by atoms with van der Waals surface area (Å²) in [4.78, 5) is 27.7. The quantitative estimate of drug-likeness (QED) is 0.547. The highest BCUT2D eigenvalue weighted by atomic mass is 16.6. The Morgan fingerprint density at radius 2 is 1.78 bits per heavy atom. The van der Waals surface area contributed by atoms with Crippen LogP contribution in [0.25, 0.3) is 11.8 Å². The van der Waals surface area contributed by atoms with Crippen molar-refractivity contribution in [2.24, 2.45) is 0 Å². The number of aliphatic hydroxyl groups excluding tert-OH is 1. The van der Waals surface area contributed by atoms with E-state index in [-0.39, 0.29) is 11.7 Å². The van der Waals surface area contributed by atoms with Crippen molar-refractivity contribution in [2.45, 2.75) is 25.4 Å². The Morgan fingerprint density at radius 3 is 2.39 bits per heavy atom. The molecule has 0 unspecified atom stereocenters. The molecule has 2 saturated heterocycles. The summed E-state index contributed by atoms with van der Waals surface area (Å²) in [6, 6.07) is 14.4. The first-order valence-corrected chi connectivity index (χ1v) is 11.8. The second kappa shape index (κ2) is 11.9. The van der Waals surface area contributed by atoms with Gasteiger partial charge in [-0.15, -0.1) is 0 Å². The van der Waals surface area contributed by atoms with Crippen molar-refractivity contribution in [1.29, 1.82) is 0 Å². The number of carbonyl (C=O) groups is 2. The molecule has 4 rings (SSSR count). The molecule has 2 aliphatic rings. The molecule has 2 N–H and O–H groups in total. The molecule has 2 heterocycles. The topological polar surface area (TPSA) is 99.5 Å². The van der Waals surface area contributed by atoms with Crippen LogP contribution in [-0.4, -0.2) is 73.2 Å². The summed E-state index contributed by atoms with van der Waals surface area (Å²) < 4.78 is 11.2. The second-order valence-corrected chi connectivity index (χ2v) is 8.97. The van der Waals surface area contributed by atoms with Gasteiger partial charge in [0, 0.05) is 50.8 Å². The van der Waals surface area contributed by atoms with E-state index in [9.17, 15) is 9.59 Å². The Morgan fingerprint density at radius 1 is 1.14 bits per heavy atom. The number of hydrogen-bond donors (Lipinski definition) is 2. The van der Waals surface area contributed by atoms with Crippen molar-refractivity contribution < 1.29 is 29.3 Å². The number of methoxy groups -OCH3 is 1. The summed E-state index contributed by atoms with van der Waals surface area (Å²) in [5, 5.41) is 16.1. The van der Waals surface area contributed by atoms with Gasteiger partial charge in [-0.25, -0.2) is 9.59 Å². The molecule has 0 atom stereocenters. The van der Waals surface area contributed by atoms with Gasteiger partial charge in [0.1, 0.15) is 11.4 Å². The van der Waals surface area contributed by atoms with Crippen LogP contribution in [0.3, 0.4) is 0 Å². The Kier molecular flexibility index (Phi) is 8.90. The molecule has 1 spiro atoms. The molecule has 0 aromatic heterocycles. The lowest BCUT2D eigenvalue weighted by atomic mass is 9.91. The molecule has 8 heteroatoms. The third-order valence-electron chi connectivity index (χ3n) is 6.55. The molecular formula is C28H34N2O6. The molecule has 1 amide bonds. The fourth-order valence-corrected chi connectivity index (χ4v) is 4.64. The molecule has 2 aromatic carbocycles. The first-order valence-electron chi connectivity index (χ1n) is 11.8. The standard InChI is InChI=1S/C27H30N2O5.CH4O/c1-19(16-22-6-4-5-7-24(22)20(2)33-3)17-28-14-12-27(13-15-28)18-29(26(32)34-27)23-10-8-21(9-11-23)25(30)31;1-2/h4-11,16H,2,12-15,17-18H2,1,3H3,(H,30,31);2H,1H3/b19-16+;. The monoisotopic (exact) mass is 494 g/mol. The Labute approximate surface area is 212 Å². The minimum absolute atomic E-state index is 0.192. The predicted molar refractivity (Wildman–Crippen MR) is 140 cm³/mol. The van der Waals surface area contributed by atoms with Crippen LogP contribution in [-0.2, 0) is 9.47 Å². The number of aromatic carboxylic acids is 1. The van der Waals surface area contributed by atoms with Crippen LogP contribution in [0.5, 0.6) is 0 Å². The number of nitrogens with zero attached hydrogens (tertiary/aromatic N) is 2. The van der Waals surface area contributed by atoms with E-state index in [1.165, 1.54) is 17.7 Å². The smallest absolute Gasteiger partial charge is 0.415 e. The van der Waals surface area contributed by atoms with Crippen LogP contribution in [0.15, 0.2) is 60.7 Å². The highest BCUT2D eigenvalue weighted by Crippen LogP contribution is 2.36. The molecule has 0 aliphatic carbocycles. The van der Waals surface area contributed by atoms with Gasteiger partial charge in [-0.1, -0.05) is 42.5 Å². The van der Waals surface area contributed by atoms with Gasteiger partial charge in [-0.3, -0.25) is 9.80 Å². The zero-order valence-electron chi connectivity index (χ0n) is 21.1. The van der Waals surface area contributed by atoms with Crippen molar-refractivity contribution in [1.82, 2.24) is 4.90 Å². The summed E-state index contributed by atoms with van der Waals surface area (Å²) >= 11 is 0. The minimum Gasteiger partial charge on any atom is -0.497 e. The summed E-state index contributed by atoms with van der Waals surface area (Å²) in [7, 11) is 2.63. The van der Waals surface area contributed by atoms with E-state index in [0.717, 1.165) is 50.7 Å².